The SMILES string of the molecule is COc1cc(C(=O)OCCOC(=O)C(F)(F)S(=O)(=O)[O-])ccc1O. The van der Waals surface area contributed by atoms with Crippen molar-refractivity contribution in [2.45, 2.75) is 5.25 Å². The molecule has 0 aromatic heterocycles. The highest BCUT2D eigenvalue weighted by atomic mass is 32.2. The lowest BCUT2D eigenvalue weighted by atomic mass is 10.2. The second kappa shape index (κ2) is 7.40. The zero-order valence-corrected chi connectivity index (χ0v) is 12.8. The quantitative estimate of drug-likeness (QED) is 0.406. The molecule has 0 amide bonds. The number of esters is 2. The van der Waals surface area contributed by atoms with Gasteiger partial charge in [-0.05, 0) is 18.2 Å². The van der Waals surface area contributed by atoms with Gasteiger partial charge in [-0.15, -0.1) is 0 Å². The van der Waals surface area contributed by atoms with Gasteiger partial charge in [0, 0.05) is 0 Å². The van der Waals surface area contributed by atoms with E-state index in [9.17, 15) is 36.4 Å². The van der Waals surface area contributed by atoms with E-state index in [0.29, 0.717) is 0 Å². The number of aromatic hydroxyl groups is 1. The van der Waals surface area contributed by atoms with Crippen LogP contribution in [0.2, 0.25) is 0 Å². The summed E-state index contributed by atoms with van der Waals surface area (Å²) in [6.45, 7) is -1.58. The van der Waals surface area contributed by atoms with Crippen LogP contribution < -0.4 is 4.74 Å². The third-order valence-corrected chi connectivity index (χ3v) is 3.31. The predicted molar refractivity (Wildman–Crippen MR) is 70.5 cm³/mol. The third kappa shape index (κ3) is 4.52. The van der Waals surface area contributed by atoms with Crippen LogP contribution in [0.4, 0.5) is 8.78 Å². The molecule has 0 unspecified atom stereocenters. The summed E-state index contributed by atoms with van der Waals surface area (Å²) in [5, 5.41) is 4.12. The fraction of sp³-hybridized carbons (Fsp3) is 0.333. The molecule has 0 fully saturated rings. The average molecular weight is 369 g/mol. The van der Waals surface area contributed by atoms with Crippen molar-refractivity contribution in [2.24, 2.45) is 0 Å². The van der Waals surface area contributed by atoms with E-state index in [-0.39, 0.29) is 17.1 Å². The van der Waals surface area contributed by atoms with Gasteiger partial charge in [0.15, 0.2) is 21.6 Å². The maximum absolute atomic E-state index is 12.8. The molecule has 9 nitrogen and oxygen atoms in total. The lowest BCUT2D eigenvalue weighted by Gasteiger charge is -2.17. The number of benzene rings is 1. The van der Waals surface area contributed by atoms with Gasteiger partial charge in [0.1, 0.15) is 13.2 Å². The zero-order chi connectivity index (χ0) is 18.5. The molecule has 0 aliphatic heterocycles. The number of ether oxygens (including phenoxy) is 3. The molecule has 12 heteroatoms. The van der Waals surface area contributed by atoms with Crippen LogP contribution in [0.25, 0.3) is 0 Å². The molecule has 0 aliphatic carbocycles. The van der Waals surface area contributed by atoms with E-state index in [1.54, 1.807) is 0 Å². The van der Waals surface area contributed by atoms with Crippen LogP contribution in [0, 0.1) is 0 Å². The van der Waals surface area contributed by atoms with E-state index in [0.717, 1.165) is 12.1 Å². The minimum atomic E-state index is -6.21. The molecule has 1 rings (SSSR count). The first-order valence-electron chi connectivity index (χ1n) is 6.05. The Morgan fingerprint density at radius 1 is 1.25 bits per heavy atom. The summed E-state index contributed by atoms with van der Waals surface area (Å²) in [5.74, 6) is -3.77. The van der Waals surface area contributed by atoms with Crippen LogP contribution in [-0.2, 0) is 24.4 Å². The van der Waals surface area contributed by atoms with Crippen LogP contribution in [0.5, 0.6) is 11.5 Å². The molecular weight excluding hydrogens is 358 g/mol. The number of carbonyl (C=O) groups excluding carboxylic acids is 2. The van der Waals surface area contributed by atoms with Gasteiger partial charge in [-0.1, -0.05) is 0 Å². The van der Waals surface area contributed by atoms with Gasteiger partial charge in [-0.2, -0.15) is 8.78 Å². The maximum atomic E-state index is 12.8. The molecule has 0 spiro atoms. The van der Waals surface area contributed by atoms with Crippen LogP contribution in [0.3, 0.4) is 0 Å². The molecule has 0 saturated heterocycles. The molecule has 0 heterocycles. The molecule has 0 saturated carbocycles. The van der Waals surface area contributed by atoms with Crippen LogP contribution in [0.15, 0.2) is 18.2 Å². The Bertz CT molecular complexity index is 730. The number of hydrogen-bond donors (Lipinski definition) is 1. The van der Waals surface area contributed by atoms with E-state index < -0.39 is 40.5 Å². The Labute approximate surface area is 134 Å². The van der Waals surface area contributed by atoms with Crippen LogP contribution in [-0.4, -0.2) is 55.6 Å². The number of rotatable bonds is 7. The van der Waals surface area contributed by atoms with Crippen molar-refractivity contribution in [1.82, 2.24) is 0 Å². The van der Waals surface area contributed by atoms with Gasteiger partial charge in [-0.25, -0.2) is 18.0 Å². The topological polar surface area (TPSA) is 139 Å². The average Bonchev–Trinajstić information content (AvgIpc) is 2.50. The lowest BCUT2D eigenvalue weighted by molar-refractivity contribution is -0.162. The van der Waals surface area contributed by atoms with Gasteiger partial charge in [0.25, 0.3) is 0 Å². The first-order valence-corrected chi connectivity index (χ1v) is 7.46. The summed E-state index contributed by atoms with van der Waals surface area (Å²) < 4.78 is 69.3. The Balaban J connectivity index is 2.54. The van der Waals surface area contributed by atoms with Crippen molar-refractivity contribution in [3.05, 3.63) is 23.8 Å². The van der Waals surface area contributed by atoms with Crippen LogP contribution >= 0.6 is 0 Å². The van der Waals surface area contributed by atoms with E-state index >= 15 is 0 Å². The number of carbonyl (C=O) groups is 2. The van der Waals surface area contributed by atoms with Crippen molar-refractivity contribution in [1.29, 1.82) is 0 Å². The van der Waals surface area contributed by atoms with Gasteiger partial charge in [0.05, 0.1) is 12.7 Å². The largest absolute Gasteiger partial charge is 0.743 e. The molecule has 0 bridgehead atoms. The van der Waals surface area contributed by atoms with Crippen molar-refractivity contribution >= 4 is 22.1 Å². The fourth-order valence-corrected chi connectivity index (χ4v) is 1.61. The summed E-state index contributed by atoms with van der Waals surface area (Å²) in [5.41, 5.74) is -0.0524. The third-order valence-electron chi connectivity index (χ3n) is 2.52. The van der Waals surface area contributed by atoms with Crippen molar-refractivity contribution in [3.63, 3.8) is 0 Å². The number of phenols is 1. The molecule has 0 aliphatic rings. The molecule has 1 aromatic carbocycles. The summed E-state index contributed by atoms with van der Waals surface area (Å²) in [4.78, 5) is 22.4. The number of alkyl halides is 2. The Kier molecular flexibility index (Phi) is 6.04. The summed E-state index contributed by atoms with van der Waals surface area (Å²) in [7, 11) is -4.97. The molecule has 1 N–H and O–H groups in total. The van der Waals surface area contributed by atoms with E-state index in [1.165, 1.54) is 13.2 Å². The van der Waals surface area contributed by atoms with E-state index in [1.807, 2.05) is 0 Å². The van der Waals surface area contributed by atoms with Gasteiger partial charge < -0.3 is 23.9 Å². The smallest absolute Gasteiger partial charge is 0.428 e. The van der Waals surface area contributed by atoms with Crippen molar-refractivity contribution in [3.8, 4) is 11.5 Å². The normalized spacial score (nSPS) is 11.7. The van der Waals surface area contributed by atoms with Crippen molar-refractivity contribution in [2.75, 3.05) is 20.3 Å². The molecule has 24 heavy (non-hydrogen) atoms. The molecule has 0 radical (unpaired) electrons. The Morgan fingerprint density at radius 3 is 2.38 bits per heavy atom. The number of halogens is 2. The maximum Gasteiger partial charge on any atom is 0.428 e. The number of methoxy groups -OCH3 is 1. The first-order chi connectivity index (χ1) is 11.0. The standard InChI is InChI=1S/C12H12F2O9S/c1-21-9-6-7(2-3-8(9)15)10(16)22-4-5-23-11(17)12(13,14)24(18,19)20/h2-3,6,15H,4-5H2,1H3,(H,18,19,20)/p-1. The highest BCUT2D eigenvalue weighted by molar-refractivity contribution is 7.87. The van der Waals surface area contributed by atoms with Gasteiger partial charge >= 0.3 is 17.2 Å². The molecule has 0 atom stereocenters. The molecular formula is C12H11F2O9S-. The van der Waals surface area contributed by atoms with Crippen LogP contribution in [0.1, 0.15) is 10.4 Å². The Hall–Kier alpha value is -2.47. The molecule has 134 valence electrons. The fourth-order valence-electron chi connectivity index (χ4n) is 1.34. The number of hydrogen-bond acceptors (Lipinski definition) is 9. The number of phenolic OH excluding ortho intramolecular Hbond substituents is 1. The highest BCUT2D eigenvalue weighted by Crippen LogP contribution is 2.26. The molecule has 1 aromatic rings. The minimum Gasteiger partial charge on any atom is -0.743 e. The van der Waals surface area contributed by atoms with Gasteiger partial charge in [-0.3, -0.25) is 0 Å². The minimum absolute atomic E-state index is 0.0174. The first kappa shape index (κ1) is 19.6. The second-order valence-corrected chi connectivity index (χ2v) is 5.55. The summed E-state index contributed by atoms with van der Waals surface area (Å²) in [6.07, 6.45) is 0. The van der Waals surface area contributed by atoms with E-state index in [2.05, 4.69) is 9.47 Å². The monoisotopic (exact) mass is 369 g/mol. The summed E-state index contributed by atoms with van der Waals surface area (Å²) in [6, 6.07) is 3.47. The van der Waals surface area contributed by atoms with E-state index in [4.69, 9.17) is 4.74 Å². The second-order valence-electron chi connectivity index (χ2n) is 4.13. The van der Waals surface area contributed by atoms with Gasteiger partial charge in [0.2, 0.25) is 0 Å². The lowest BCUT2D eigenvalue weighted by Crippen LogP contribution is -2.39. The van der Waals surface area contributed by atoms with Crippen molar-refractivity contribution < 1.29 is 50.7 Å². The highest BCUT2D eigenvalue weighted by Gasteiger charge is 2.48. The Morgan fingerprint density at radius 2 is 1.83 bits per heavy atom. The summed E-state index contributed by atoms with van der Waals surface area (Å²) >= 11 is 0. The predicted octanol–water partition coefficient (Wildman–Crippen LogP) is 0.239. The zero-order valence-electron chi connectivity index (χ0n) is 12.0.